The first kappa shape index (κ1) is 18.3. The number of ether oxygens (including phenoxy) is 1. The second kappa shape index (κ2) is 7.38. The molecular formula is C20H20ClNO4. The van der Waals surface area contributed by atoms with Crippen LogP contribution in [0, 0.1) is 12.8 Å². The molecule has 3 rings (SSSR count). The highest BCUT2D eigenvalue weighted by atomic mass is 35.5. The Labute approximate surface area is 157 Å². The third-order valence-electron chi connectivity index (χ3n) is 4.88. The van der Waals surface area contributed by atoms with E-state index in [0.717, 1.165) is 11.1 Å². The fourth-order valence-corrected chi connectivity index (χ4v) is 3.53. The number of amides is 1. The van der Waals surface area contributed by atoms with Crippen LogP contribution in [0.5, 0.6) is 5.75 Å². The standard InChI is InChI=1S/C20H20ClNO4/c1-12-3-4-14(9-18(12)26-2)19(23)22-10-16(17(11-22)20(24)25)13-5-7-15(21)8-6-13/h3-9,16-17H,10-11H2,1-2H3,(H,24,25)/t16-,17+/m0/s1. The van der Waals surface area contributed by atoms with Crippen LogP contribution in [0.15, 0.2) is 42.5 Å². The summed E-state index contributed by atoms with van der Waals surface area (Å²) in [6.45, 7) is 2.44. The minimum absolute atomic E-state index is 0.178. The SMILES string of the molecule is COc1cc(C(=O)N2C[C@@H](C(=O)O)[C@H](c3ccc(Cl)cc3)C2)ccc1C. The zero-order chi connectivity index (χ0) is 18.8. The zero-order valence-corrected chi connectivity index (χ0v) is 15.4. The fourth-order valence-electron chi connectivity index (χ4n) is 3.40. The number of carbonyl (C=O) groups is 2. The maximum absolute atomic E-state index is 12.9. The minimum Gasteiger partial charge on any atom is -0.496 e. The molecule has 26 heavy (non-hydrogen) atoms. The summed E-state index contributed by atoms with van der Waals surface area (Å²) in [5.74, 6) is -1.36. The Morgan fingerprint density at radius 2 is 1.85 bits per heavy atom. The van der Waals surface area contributed by atoms with Gasteiger partial charge in [-0.1, -0.05) is 29.8 Å². The Balaban J connectivity index is 1.86. The highest BCUT2D eigenvalue weighted by molar-refractivity contribution is 6.30. The number of carbonyl (C=O) groups excluding carboxylic acids is 1. The minimum atomic E-state index is -0.901. The Kier molecular flexibility index (Phi) is 5.18. The average Bonchev–Trinajstić information content (AvgIpc) is 3.08. The van der Waals surface area contributed by atoms with E-state index in [2.05, 4.69) is 0 Å². The van der Waals surface area contributed by atoms with Crippen LogP contribution in [-0.4, -0.2) is 42.1 Å². The zero-order valence-electron chi connectivity index (χ0n) is 14.6. The fraction of sp³-hybridized carbons (Fsp3) is 0.300. The lowest BCUT2D eigenvalue weighted by Gasteiger charge is -2.17. The molecule has 2 aromatic rings. The van der Waals surface area contributed by atoms with Gasteiger partial charge in [0.2, 0.25) is 0 Å². The third kappa shape index (κ3) is 3.53. The molecule has 136 valence electrons. The maximum atomic E-state index is 12.9. The number of hydrogen-bond acceptors (Lipinski definition) is 3. The molecule has 2 aromatic carbocycles. The summed E-state index contributed by atoms with van der Waals surface area (Å²) in [6.07, 6.45) is 0. The summed E-state index contributed by atoms with van der Waals surface area (Å²) in [4.78, 5) is 26.2. The van der Waals surface area contributed by atoms with Crippen molar-refractivity contribution in [3.63, 3.8) is 0 Å². The predicted molar refractivity (Wildman–Crippen MR) is 99.0 cm³/mol. The summed E-state index contributed by atoms with van der Waals surface area (Å²) in [5.41, 5.74) is 2.31. The van der Waals surface area contributed by atoms with Gasteiger partial charge in [-0.2, -0.15) is 0 Å². The molecule has 1 fully saturated rings. The molecule has 2 atom stereocenters. The Morgan fingerprint density at radius 1 is 1.15 bits per heavy atom. The Morgan fingerprint density at radius 3 is 2.46 bits per heavy atom. The van der Waals surface area contributed by atoms with E-state index in [9.17, 15) is 14.7 Å². The second-order valence-corrected chi connectivity index (χ2v) is 6.93. The van der Waals surface area contributed by atoms with Crippen LogP contribution in [0.25, 0.3) is 0 Å². The highest BCUT2D eigenvalue weighted by Gasteiger charge is 2.40. The van der Waals surface area contributed by atoms with Crippen LogP contribution >= 0.6 is 11.6 Å². The van der Waals surface area contributed by atoms with Gasteiger partial charge in [0.25, 0.3) is 5.91 Å². The molecule has 1 amide bonds. The van der Waals surface area contributed by atoms with E-state index < -0.39 is 11.9 Å². The molecule has 5 nitrogen and oxygen atoms in total. The van der Waals surface area contributed by atoms with Crippen LogP contribution in [0.4, 0.5) is 0 Å². The quantitative estimate of drug-likeness (QED) is 0.889. The lowest BCUT2D eigenvalue weighted by Crippen LogP contribution is -2.29. The summed E-state index contributed by atoms with van der Waals surface area (Å²) in [7, 11) is 1.56. The number of carboxylic acid groups (broad SMARTS) is 1. The summed E-state index contributed by atoms with van der Waals surface area (Å²) >= 11 is 5.93. The molecule has 1 N–H and O–H groups in total. The number of halogens is 1. The van der Waals surface area contributed by atoms with Crippen molar-refractivity contribution in [2.24, 2.45) is 5.92 Å². The topological polar surface area (TPSA) is 66.8 Å². The van der Waals surface area contributed by atoms with Gasteiger partial charge in [-0.25, -0.2) is 0 Å². The van der Waals surface area contributed by atoms with E-state index in [1.807, 2.05) is 25.1 Å². The second-order valence-electron chi connectivity index (χ2n) is 6.50. The van der Waals surface area contributed by atoms with E-state index in [0.29, 0.717) is 22.9 Å². The number of nitrogens with zero attached hydrogens (tertiary/aromatic N) is 1. The first-order valence-corrected chi connectivity index (χ1v) is 8.70. The van der Waals surface area contributed by atoms with Gasteiger partial charge < -0.3 is 14.7 Å². The average molecular weight is 374 g/mol. The van der Waals surface area contributed by atoms with E-state index in [4.69, 9.17) is 16.3 Å². The number of aliphatic carboxylic acids is 1. The monoisotopic (exact) mass is 373 g/mol. The lowest BCUT2D eigenvalue weighted by atomic mass is 9.89. The Hall–Kier alpha value is -2.53. The van der Waals surface area contributed by atoms with E-state index >= 15 is 0 Å². The van der Waals surface area contributed by atoms with Gasteiger partial charge in [-0.05, 0) is 42.3 Å². The number of carboxylic acids is 1. The maximum Gasteiger partial charge on any atom is 0.308 e. The molecular weight excluding hydrogens is 354 g/mol. The summed E-state index contributed by atoms with van der Waals surface area (Å²) in [5, 5.41) is 10.2. The van der Waals surface area contributed by atoms with Gasteiger partial charge in [0.1, 0.15) is 5.75 Å². The summed E-state index contributed by atoms with van der Waals surface area (Å²) in [6, 6.07) is 12.4. The van der Waals surface area contributed by atoms with E-state index in [1.165, 1.54) is 0 Å². The van der Waals surface area contributed by atoms with Crippen molar-refractivity contribution in [3.8, 4) is 5.75 Å². The smallest absolute Gasteiger partial charge is 0.308 e. The van der Waals surface area contributed by atoms with E-state index in [-0.39, 0.29) is 18.4 Å². The first-order chi connectivity index (χ1) is 12.4. The molecule has 6 heteroatoms. The molecule has 1 saturated heterocycles. The van der Waals surface area contributed by atoms with Crippen molar-refractivity contribution < 1.29 is 19.4 Å². The number of benzene rings is 2. The number of hydrogen-bond donors (Lipinski definition) is 1. The van der Waals surface area contributed by atoms with Crippen LogP contribution in [-0.2, 0) is 4.79 Å². The molecule has 1 heterocycles. The largest absolute Gasteiger partial charge is 0.496 e. The van der Waals surface area contributed by atoms with Crippen LogP contribution in [0.3, 0.4) is 0 Å². The van der Waals surface area contributed by atoms with Crippen molar-refractivity contribution in [3.05, 3.63) is 64.2 Å². The molecule has 0 saturated carbocycles. The number of methoxy groups -OCH3 is 1. The first-order valence-electron chi connectivity index (χ1n) is 8.33. The predicted octanol–water partition coefficient (Wildman–Crippen LogP) is 3.60. The molecule has 0 spiro atoms. The highest BCUT2D eigenvalue weighted by Crippen LogP contribution is 2.34. The number of rotatable bonds is 4. The number of aryl methyl sites for hydroxylation is 1. The lowest BCUT2D eigenvalue weighted by molar-refractivity contribution is -0.141. The van der Waals surface area contributed by atoms with Crippen LogP contribution < -0.4 is 4.74 Å². The molecule has 0 aromatic heterocycles. The molecule has 1 aliphatic rings. The number of likely N-dealkylation sites (tertiary alicyclic amines) is 1. The third-order valence-corrected chi connectivity index (χ3v) is 5.13. The summed E-state index contributed by atoms with van der Waals surface area (Å²) < 4.78 is 5.28. The van der Waals surface area contributed by atoms with E-state index in [1.54, 1.807) is 36.3 Å². The molecule has 1 aliphatic heterocycles. The van der Waals surface area contributed by atoms with Crippen molar-refractivity contribution in [2.75, 3.05) is 20.2 Å². The Bertz CT molecular complexity index is 834. The normalized spacial score (nSPS) is 19.4. The van der Waals surface area contributed by atoms with Crippen LogP contribution in [0.1, 0.15) is 27.4 Å². The van der Waals surface area contributed by atoms with Crippen molar-refractivity contribution in [1.29, 1.82) is 0 Å². The van der Waals surface area contributed by atoms with Gasteiger partial charge in [0, 0.05) is 29.6 Å². The van der Waals surface area contributed by atoms with Gasteiger partial charge >= 0.3 is 5.97 Å². The van der Waals surface area contributed by atoms with Gasteiger partial charge in [-0.3, -0.25) is 9.59 Å². The van der Waals surface area contributed by atoms with Crippen molar-refractivity contribution in [1.82, 2.24) is 4.90 Å². The molecule has 0 aliphatic carbocycles. The van der Waals surface area contributed by atoms with Gasteiger partial charge in [0.05, 0.1) is 13.0 Å². The van der Waals surface area contributed by atoms with Crippen LogP contribution in [0.2, 0.25) is 5.02 Å². The molecule has 0 unspecified atom stereocenters. The van der Waals surface area contributed by atoms with Gasteiger partial charge in [0.15, 0.2) is 0 Å². The van der Waals surface area contributed by atoms with Crippen molar-refractivity contribution >= 4 is 23.5 Å². The van der Waals surface area contributed by atoms with Crippen molar-refractivity contribution in [2.45, 2.75) is 12.8 Å². The molecule has 0 bridgehead atoms. The van der Waals surface area contributed by atoms with Gasteiger partial charge in [-0.15, -0.1) is 0 Å². The molecule has 0 radical (unpaired) electrons.